The molecule has 2 unspecified atom stereocenters. The van der Waals surface area contributed by atoms with Gasteiger partial charge in [0, 0.05) is 17.9 Å². The van der Waals surface area contributed by atoms with Crippen molar-refractivity contribution in [2.45, 2.75) is 31.8 Å². The fraction of sp³-hybridized carbons (Fsp3) is 0.500. The third-order valence-corrected chi connectivity index (χ3v) is 4.08. The van der Waals surface area contributed by atoms with Crippen LogP contribution < -0.4 is 16.0 Å². The van der Waals surface area contributed by atoms with Crippen LogP contribution in [0.15, 0.2) is 24.3 Å². The van der Waals surface area contributed by atoms with Crippen LogP contribution in [0.25, 0.3) is 0 Å². The van der Waals surface area contributed by atoms with E-state index in [0.29, 0.717) is 6.54 Å². The van der Waals surface area contributed by atoms with E-state index < -0.39 is 6.04 Å². The van der Waals surface area contributed by atoms with Gasteiger partial charge in [0.25, 0.3) is 0 Å². The molecule has 1 fully saturated rings. The molecule has 0 aliphatic carbocycles. The van der Waals surface area contributed by atoms with E-state index in [1.54, 1.807) is 4.90 Å². The maximum atomic E-state index is 12.1. The summed E-state index contributed by atoms with van der Waals surface area (Å²) < 4.78 is 0. The number of rotatable bonds is 4. The average molecular weight is 304 g/mol. The van der Waals surface area contributed by atoms with E-state index in [9.17, 15) is 9.59 Å². The molecule has 2 rings (SSSR count). The fourth-order valence-electron chi connectivity index (χ4n) is 2.37. The van der Waals surface area contributed by atoms with Gasteiger partial charge in [0.2, 0.25) is 11.8 Å². The van der Waals surface area contributed by atoms with E-state index >= 15 is 0 Å². The van der Waals surface area contributed by atoms with Crippen molar-refractivity contribution in [1.82, 2.24) is 4.90 Å². The number of carbonyl (C=O) groups excluding carboxylic acids is 2. The first kappa shape index (κ1) is 16.5. The van der Waals surface area contributed by atoms with Gasteiger partial charge in [0.15, 0.2) is 0 Å². The molecule has 0 saturated carbocycles. The molecule has 120 valence electrons. The lowest BCUT2D eigenvalue weighted by Crippen LogP contribution is -2.48. The molecule has 0 bridgehead atoms. The second-order valence-corrected chi connectivity index (χ2v) is 5.91. The Morgan fingerprint density at radius 1 is 1.36 bits per heavy atom. The van der Waals surface area contributed by atoms with Crippen molar-refractivity contribution in [2.75, 3.05) is 30.9 Å². The molecule has 22 heavy (non-hydrogen) atoms. The van der Waals surface area contributed by atoms with Gasteiger partial charge in [-0.15, -0.1) is 0 Å². The minimum absolute atomic E-state index is 0.0377. The van der Waals surface area contributed by atoms with Gasteiger partial charge in [-0.25, -0.2) is 0 Å². The highest BCUT2D eigenvalue weighted by Crippen LogP contribution is 2.22. The number of carbonyl (C=O) groups is 2. The summed E-state index contributed by atoms with van der Waals surface area (Å²) in [5.74, 6) is -0.0990. The molecule has 0 spiro atoms. The van der Waals surface area contributed by atoms with Crippen LogP contribution in [0.2, 0.25) is 0 Å². The largest absolute Gasteiger partial charge is 0.325 e. The molecule has 2 amide bonds. The Kier molecular flexibility index (Phi) is 5.15. The van der Waals surface area contributed by atoms with Crippen molar-refractivity contribution < 1.29 is 9.59 Å². The summed E-state index contributed by atoms with van der Waals surface area (Å²) in [4.78, 5) is 27.6. The van der Waals surface area contributed by atoms with Gasteiger partial charge in [-0.3, -0.25) is 14.5 Å². The number of hydrogen-bond acceptors (Lipinski definition) is 4. The summed E-state index contributed by atoms with van der Waals surface area (Å²) in [6.45, 7) is 2.54. The van der Waals surface area contributed by atoms with Gasteiger partial charge in [-0.05, 0) is 58.1 Å². The minimum atomic E-state index is -0.408. The van der Waals surface area contributed by atoms with Crippen molar-refractivity contribution in [3.05, 3.63) is 24.3 Å². The van der Waals surface area contributed by atoms with E-state index in [4.69, 9.17) is 5.73 Å². The third kappa shape index (κ3) is 3.64. The first-order valence-corrected chi connectivity index (χ1v) is 7.54. The van der Waals surface area contributed by atoms with Crippen LogP contribution in [0.5, 0.6) is 0 Å². The first-order chi connectivity index (χ1) is 10.4. The highest BCUT2D eigenvalue weighted by molar-refractivity contribution is 5.98. The van der Waals surface area contributed by atoms with Gasteiger partial charge in [-0.1, -0.05) is 0 Å². The Bertz CT molecular complexity index is 542. The fourth-order valence-corrected chi connectivity index (χ4v) is 2.37. The molecule has 1 aromatic rings. The van der Waals surface area contributed by atoms with Crippen LogP contribution in [-0.2, 0) is 9.59 Å². The predicted molar refractivity (Wildman–Crippen MR) is 87.8 cm³/mol. The number of likely N-dealkylation sites (N-methyl/N-ethyl adjacent to an activating group) is 1. The lowest BCUT2D eigenvalue weighted by Gasteiger charge is -2.30. The highest BCUT2D eigenvalue weighted by Gasteiger charge is 2.26. The number of benzene rings is 1. The molecule has 1 heterocycles. The quantitative estimate of drug-likeness (QED) is 0.871. The van der Waals surface area contributed by atoms with Crippen LogP contribution in [-0.4, -0.2) is 49.4 Å². The molecule has 1 aromatic carbocycles. The van der Waals surface area contributed by atoms with E-state index in [1.807, 2.05) is 50.2 Å². The summed E-state index contributed by atoms with van der Waals surface area (Å²) in [6.07, 6.45) is 1.65. The van der Waals surface area contributed by atoms with Gasteiger partial charge in [0.1, 0.15) is 0 Å². The molecular weight excluding hydrogens is 280 g/mol. The van der Waals surface area contributed by atoms with Crippen molar-refractivity contribution >= 4 is 23.2 Å². The maximum absolute atomic E-state index is 12.1. The molecule has 6 heteroatoms. The summed E-state index contributed by atoms with van der Waals surface area (Å²) >= 11 is 0. The predicted octanol–water partition coefficient (Wildman–Crippen LogP) is 1.03. The van der Waals surface area contributed by atoms with Crippen LogP contribution in [0.4, 0.5) is 11.4 Å². The van der Waals surface area contributed by atoms with E-state index in [1.165, 1.54) is 0 Å². The zero-order valence-corrected chi connectivity index (χ0v) is 13.4. The van der Waals surface area contributed by atoms with E-state index in [0.717, 1.165) is 24.2 Å². The Balaban J connectivity index is 2.04. The molecule has 0 radical (unpaired) electrons. The van der Waals surface area contributed by atoms with Gasteiger partial charge in [0.05, 0.1) is 12.1 Å². The van der Waals surface area contributed by atoms with E-state index in [2.05, 4.69) is 5.32 Å². The lowest BCUT2D eigenvalue weighted by molar-refractivity contribution is -0.121. The van der Waals surface area contributed by atoms with Crippen LogP contribution in [0.3, 0.4) is 0 Å². The molecule has 2 atom stereocenters. The third-order valence-electron chi connectivity index (χ3n) is 4.08. The number of anilines is 2. The number of nitrogens with two attached hydrogens (primary N) is 1. The van der Waals surface area contributed by atoms with Gasteiger partial charge < -0.3 is 16.0 Å². The minimum Gasteiger partial charge on any atom is -0.325 e. The molecule has 1 saturated heterocycles. The van der Waals surface area contributed by atoms with Crippen LogP contribution in [0.1, 0.15) is 19.8 Å². The zero-order chi connectivity index (χ0) is 16.3. The van der Waals surface area contributed by atoms with Crippen LogP contribution in [0, 0.1) is 0 Å². The Hall–Kier alpha value is -1.92. The Morgan fingerprint density at radius 3 is 2.59 bits per heavy atom. The number of nitrogens with one attached hydrogen (secondary N) is 1. The van der Waals surface area contributed by atoms with Crippen molar-refractivity contribution in [1.29, 1.82) is 0 Å². The second-order valence-electron chi connectivity index (χ2n) is 5.91. The second kappa shape index (κ2) is 6.89. The summed E-state index contributed by atoms with van der Waals surface area (Å²) in [7, 11) is 3.72. The molecule has 1 aliphatic rings. The molecular formula is C16H24N4O2. The number of amides is 2. The molecule has 3 N–H and O–H groups in total. The SMILES string of the molecule is CC(C(=O)Nc1ccc(N2CCCC(N)C2=O)cc1)N(C)C. The summed E-state index contributed by atoms with van der Waals surface area (Å²) in [5, 5.41) is 2.86. The smallest absolute Gasteiger partial charge is 0.243 e. The maximum Gasteiger partial charge on any atom is 0.243 e. The zero-order valence-electron chi connectivity index (χ0n) is 13.4. The first-order valence-electron chi connectivity index (χ1n) is 7.54. The molecule has 1 aliphatic heterocycles. The lowest BCUT2D eigenvalue weighted by atomic mass is 10.0. The monoisotopic (exact) mass is 304 g/mol. The summed E-state index contributed by atoms with van der Waals surface area (Å²) in [5.41, 5.74) is 7.35. The number of piperidine rings is 1. The Labute approximate surface area is 131 Å². The van der Waals surface area contributed by atoms with Crippen LogP contribution >= 0.6 is 0 Å². The normalized spacial score (nSPS) is 20.1. The average Bonchev–Trinajstić information content (AvgIpc) is 2.50. The van der Waals surface area contributed by atoms with Crippen molar-refractivity contribution in [3.63, 3.8) is 0 Å². The van der Waals surface area contributed by atoms with Gasteiger partial charge >= 0.3 is 0 Å². The topological polar surface area (TPSA) is 78.7 Å². The molecule has 6 nitrogen and oxygen atoms in total. The summed E-state index contributed by atoms with van der Waals surface area (Å²) in [6, 6.07) is 6.68. The standard InChI is InChI=1S/C16H24N4O2/c1-11(19(2)3)15(21)18-12-6-8-13(9-7-12)20-10-4-5-14(17)16(20)22/h6-9,11,14H,4-5,10,17H2,1-3H3,(H,18,21). The van der Waals surface area contributed by atoms with Crippen molar-refractivity contribution in [3.8, 4) is 0 Å². The van der Waals surface area contributed by atoms with Crippen molar-refractivity contribution in [2.24, 2.45) is 5.73 Å². The van der Waals surface area contributed by atoms with E-state index in [-0.39, 0.29) is 17.9 Å². The number of nitrogens with zero attached hydrogens (tertiary/aromatic N) is 2. The molecule has 0 aromatic heterocycles. The number of hydrogen-bond donors (Lipinski definition) is 2. The highest BCUT2D eigenvalue weighted by atomic mass is 16.2. The van der Waals surface area contributed by atoms with Gasteiger partial charge in [-0.2, -0.15) is 0 Å². The Morgan fingerprint density at radius 2 is 2.00 bits per heavy atom.